The Bertz CT molecular complexity index is 383. The second-order valence-electron chi connectivity index (χ2n) is 7.54. The predicted molar refractivity (Wildman–Crippen MR) is 98.6 cm³/mol. The van der Waals surface area contributed by atoms with E-state index in [0.29, 0.717) is 6.42 Å². The van der Waals surface area contributed by atoms with Crippen molar-refractivity contribution in [2.45, 2.75) is 110 Å². The fourth-order valence-corrected chi connectivity index (χ4v) is 3.29. The van der Waals surface area contributed by atoms with Gasteiger partial charge in [0.05, 0.1) is 17.5 Å². The molecule has 0 aliphatic heterocycles. The fraction of sp³-hybridized carbons (Fsp3) is 1.00. The van der Waals surface area contributed by atoms with Gasteiger partial charge in [-0.05, 0) is 33.6 Å². The molecular formula is C18H39LiO4S. The van der Waals surface area contributed by atoms with Crippen LogP contribution in [-0.4, -0.2) is 30.4 Å². The van der Waals surface area contributed by atoms with Crippen LogP contribution in [0.2, 0.25) is 0 Å². The van der Waals surface area contributed by atoms with Crippen LogP contribution in [0.4, 0.5) is 0 Å². The first-order valence-electron chi connectivity index (χ1n) is 9.27. The second-order valence-corrected chi connectivity index (χ2v) is 9.12. The Hall–Kier alpha value is 0.467. The molecule has 0 bridgehead atoms. The van der Waals surface area contributed by atoms with Crippen molar-refractivity contribution in [1.29, 1.82) is 0 Å². The molecule has 1 atom stereocenters. The summed E-state index contributed by atoms with van der Waals surface area (Å²) in [5.74, 6) is -0.217. The zero-order valence-electron chi connectivity index (χ0n) is 17.6. The Morgan fingerprint density at radius 3 is 1.79 bits per heavy atom. The van der Waals surface area contributed by atoms with E-state index in [1.165, 1.54) is 51.4 Å². The van der Waals surface area contributed by atoms with E-state index in [1.807, 2.05) is 20.8 Å². The Balaban J connectivity index is -0.00000242. The van der Waals surface area contributed by atoms with E-state index in [2.05, 4.69) is 6.92 Å². The number of hydrogen-bond donors (Lipinski definition) is 1. The zero-order chi connectivity index (χ0) is 17.8. The maximum atomic E-state index is 10.9. The van der Waals surface area contributed by atoms with Gasteiger partial charge < -0.3 is 6.16 Å². The molecule has 0 aliphatic carbocycles. The van der Waals surface area contributed by atoms with E-state index in [9.17, 15) is 8.42 Å². The van der Waals surface area contributed by atoms with Crippen LogP contribution in [0.3, 0.4) is 0 Å². The smallest absolute Gasteiger partial charge is 1.00 e. The van der Waals surface area contributed by atoms with Gasteiger partial charge >= 0.3 is 18.9 Å². The molecule has 6 heteroatoms. The van der Waals surface area contributed by atoms with Crippen molar-refractivity contribution >= 4 is 10.1 Å². The van der Waals surface area contributed by atoms with Gasteiger partial charge in [-0.1, -0.05) is 64.7 Å². The molecule has 0 aromatic heterocycles. The third kappa shape index (κ3) is 20.5. The summed E-state index contributed by atoms with van der Waals surface area (Å²) in [6.07, 6.45) is 12.6. The van der Waals surface area contributed by atoms with Crippen molar-refractivity contribution in [3.63, 3.8) is 0 Å². The van der Waals surface area contributed by atoms with Crippen LogP contribution < -0.4 is 18.9 Å². The monoisotopic (exact) mass is 358 g/mol. The Morgan fingerprint density at radius 2 is 1.38 bits per heavy atom. The summed E-state index contributed by atoms with van der Waals surface area (Å²) < 4.78 is 36.7. The SMILES string of the molecule is CCCCCCCCCCCC(CCS(=O)(=O)O)OC(C)(C)C.[H-].[Li+]. The van der Waals surface area contributed by atoms with Crippen LogP contribution in [0.25, 0.3) is 0 Å². The molecule has 0 fully saturated rings. The van der Waals surface area contributed by atoms with E-state index < -0.39 is 10.1 Å². The molecule has 0 aromatic carbocycles. The van der Waals surface area contributed by atoms with Crippen molar-refractivity contribution in [1.82, 2.24) is 0 Å². The summed E-state index contributed by atoms with van der Waals surface area (Å²) in [5.41, 5.74) is -0.289. The standard InChI is InChI=1S/C18H38O4S.Li.H/c1-5-6-7-8-9-10-11-12-13-14-17(22-18(2,3)4)15-16-23(19,20)21;;/h17H,5-16H2,1-4H3,(H,19,20,21);;/q;+1;-1. The summed E-state index contributed by atoms with van der Waals surface area (Å²) in [6.45, 7) is 8.16. The van der Waals surface area contributed by atoms with Crippen molar-refractivity contribution < 1.29 is 38.0 Å². The maximum Gasteiger partial charge on any atom is 1.00 e. The third-order valence-electron chi connectivity index (χ3n) is 3.85. The molecule has 1 unspecified atom stereocenters. The average molecular weight is 359 g/mol. The van der Waals surface area contributed by atoms with Crippen LogP contribution >= 0.6 is 0 Å². The molecule has 0 heterocycles. The minimum atomic E-state index is -3.91. The first-order chi connectivity index (χ1) is 10.6. The van der Waals surface area contributed by atoms with E-state index >= 15 is 0 Å². The molecule has 142 valence electrons. The predicted octanol–water partition coefficient (Wildman–Crippen LogP) is 2.49. The van der Waals surface area contributed by atoms with E-state index in [-0.39, 0.29) is 37.7 Å². The van der Waals surface area contributed by atoms with Gasteiger partial charge in [-0.3, -0.25) is 4.55 Å². The van der Waals surface area contributed by atoms with E-state index in [4.69, 9.17) is 9.29 Å². The third-order valence-corrected chi connectivity index (χ3v) is 4.60. The fourth-order valence-electron chi connectivity index (χ4n) is 2.73. The Morgan fingerprint density at radius 1 is 0.917 bits per heavy atom. The van der Waals surface area contributed by atoms with E-state index in [1.54, 1.807) is 0 Å². The Kier molecular flexibility index (Phi) is 16.3. The molecule has 0 saturated carbocycles. The first kappa shape index (κ1) is 26.7. The Labute approximate surface area is 163 Å². The largest absolute Gasteiger partial charge is 1.00 e. The molecule has 1 N–H and O–H groups in total. The van der Waals surface area contributed by atoms with Crippen molar-refractivity contribution in [2.24, 2.45) is 0 Å². The quantitative estimate of drug-likeness (QED) is 0.294. The first-order valence-corrected chi connectivity index (χ1v) is 10.9. The summed E-state index contributed by atoms with van der Waals surface area (Å²) in [5, 5.41) is 0. The van der Waals surface area contributed by atoms with Crippen LogP contribution in [0.15, 0.2) is 0 Å². The number of rotatable bonds is 14. The molecule has 0 rings (SSSR count). The summed E-state index contributed by atoms with van der Waals surface area (Å²) in [6, 6.07) is 0. The molecule has 24 heavy (non-hydrogen) atoms. The molecule has 0 spiro atoms. The van der Waals surface area contributed by atoms with Gasteiger partial charge in [-0.15, -0.1) is 0 Å². The second kappa shape index (κ2) is 14.6. The van der Waals surface area contributed by atoms with Gasteiger partial charge in [0, 0.05) is 0 Å². The normalized spacial score (nSPS) is 13.5. The van der Waals surface area contributed by atoms with Gasteiger partial charge in [-0.25, -0.2) is 0 Å². The van der Waals surface area contributed by atoms with Crippen molar-refractivity contribution in [3.8, 4) is 0 Å². The molecule has 0 saturated heterocycles. The minimum Gasteiger partial charge on any atom is -1.00 e. The maximum absolute atomic E-state index is 10.9. The van der Waals surface area contributed by atoms with Crippen LogP contribution in [-0.2, 0) is 14.9 Å². The van der Waals surface area contributed by atoms with Gasteiger partial charge in [0.1, 0.15) is 0 Å². The van der Waals surface area contributed by atoms with Crippen molar-refractivity contribution in [3.05, 3.63) is 0 Å². The number of unbranched alkanes of at least 4 members (excludes halogenated alkanes) is 8. The van der Waals surface area contributed by atoms with Crippen LogP contribution in [0.5, 0.6) is 0 Å². The molecule has 0 aliphatic rings. The van der Waals surface area contributed by atoms with Gasteiger partial charge in [0.2, 0.25) is 0 Å². The number of hydrogen-bond acceptors (Lipinski definition) is 3. The summed E-state index contributed by atoms with van der Waals surface area (Å²) in [4.78, 5) is 0. The molecule has 0 amide bonds. The average Bonchev–Trinajstić information content (AvgIpc) is 2.40. The molecule has 0 radical (unpaired) electrons. The van der Waals surface area contributed by atoms with E-state index in [0.717, 1.165) is 12.8 Å². The zero-order valence-corrected chi connectivity index (χ0v) is 17.5. The minimum absolute atomic E-state index is 0. The van der Waals surface area contributed by atoms with Crippen molar-refractivity contribution in [2.75, 3.05) is 5.75 Å². The molecule has 0 aromatic rings. The topological polar surface area (TPSA) is 63.6 Å². The van der Waals surface area contributed by atoms with Crippen LogP contribution in [0, 0.1) is 0 Å². The van der Waals surface area contributed by atoms with Crippen LogP contribution in [0.1, 0.15) is 99.8 Å². The number of ether oxygens (including phenoxy) is 1. The summed E-state index contributed by atoms with van der Waals surface area (Å²) in [7, 11) is -3.91. The summed E-state index contributed by atoms with van der Waals surface area (Å²) >= 11 is 0. The van der Waals surface area contributed by atoms with Gasteiger partial charge in [-0.2, -0.15) is 8.42 Å². The molecular weight excluding hydrogens is 319 g/mol. The van der Waals surface area contributed by atoms with Gasteiger partial charge in [0.25, 0.3) is 10.1 Å². The molecule has 4 nitrogen and oxygen atoms in total. The van der Waals surface area contributed by atoms with Gasteiger partial charge in [0.15, 0.2) is 0 Å².